The Labute approximate surface area is 745 Å². The van der Waals surface area contributed by atoms with Crippen LogP contribution in [0.15, 0.2) is 102 Å². The lowest BCUT2D eigenvalue weighted by molar-refractivity contribution is -0.124. The highest BCUT2D eigenvalue weighted by Gasteiger charge is 2.48. The number of ketones is 2. The first-order valence-electron chi connectivity index (χ1n) is 49.5. The van der Waals surface area contributed by atoms with Crippen molar-refractivity contribution in [2.24, 2.45) is 67.2 Å². The number of aliphatic hydroxyl groups is 2. The van der Waals surface area contributed by atoms with E-state index in [-0.39, 0.29) is 114 Å². The molecule has 2 saturated heterocycles. The van der Waals surface area contributed by atoms with E-state index in [4.69, 9.17) is 9.98 Å². The molecule has 4 aliphatic carbocycles. The highest BCUT2D eigenvalue weighted by atomic mass is 16.3. The number of amides is 4. The maximum absolute atomic E-state index is 15.4. The van der Waals surface area contributed by atoms with Gasteiger partial charge in [-0.2, -0.15) is 0 Å². The number of allylic oxidation sites excluding steroid dienone is 12. The average Bonchev–Trinajstić information content (AvgIpc) is 0.714. The number of carbonyl (C=O) groups is 6. The largest absolute Gasteiger partial charge is 0.506 e. The van der Waals surface area contributed by atoms with Crippen molar-refractivity contribution in [2.75, 3.05) is 72.8 Å². The minimum atomic E-state index is -0.265. The molecule has 0 saturated carbocycles. The highest BCUT2D eigenvalue weighted by molar-refractivity contribution is 6.44. The molecular formula is C108H156N8O8. The van der Waals surface area contributed by atoms with Gasteiger partial charge in [-0.1, -0.05) is 176 Å². The number of aliphatic imine (C=N–C) groups is 2. The lowest BCUT2D eigenvalue weighted by Gasteiger charge is -2.42. The molecule has 4 N–H and O–H groups in total. The van der Waals surface area contributed by atoms with Gasteiger partial charge in [0, 0.05) is 133 Å². The summed E-state index contributed by atoms with van der Waals surface area (Å²) in [6.07, 6.45) is 37.7. The molecule has 124 heavy (non-hydrogen) atoms. The molecule has 8 aliphatic heterocycles. The molecule has 2 aromatic carbocycles. The van der Waals surface area contributed by atoms with Crippen LogP contribution in [0.5, 0.6) is 0 Å². The van der Waals surface area contributed by atoms with E-state index in [1.807, 2.05) is 6.08 Å². The fourth-order valence-electron chi connectivity index (χ4n) is 23.9. The number of unbranched alkanes of at least 4 members (excludes halogenated alkanes) is 8. The van der Waals surface area contributed by atoms with Gasteiger partial charge < -0.3 is 40.4 Å². The molecule has 6 atom stereocenters. The van der Waals surface area contributed by atoms with Gasteiger partial charge in [-0.25, -0.2) is 9.98 Å². The molecule has 14 rings (SSSR count). The number of rotatable bonds is 30. The van der Waals surface area contributed by atoms with Gasteiger partial charge in [0.1, 0.15) is 11.5 Å². The number of aryl methyl sites for hydroxylation is 2. The third kappa shape index (κ3) is 21.6. The highest BCUT2D eigenvalue weighted by Crippen LogP contribution is 2.54. The molecule has 8 heterocycles. The molecule has 16 heteroatoms. The number of benzene rings is 2. The summed E-state index contributed by atoms with van der Waals surface area (Å²) in [6.45, 7) is 48.6. The van der Waals surface area contributed by atoms with E-state index in [2.05, 4.69) is 173 Å². The maximum Gasteiger partial charge on any atom is 0.249 e. The summed E-state index contributed by atoms with van der Waals surface area (Å²) in [7, 11) is 0. The van der Waals surface area contributed by atoms with Crippen LogP contribution in [0.3, 0.4) is 0 Å². The summed E-state index contributed by atoms with van der Waals surface area (Å²) in [5, 5.41) is 31.6. The van der Waals surface area contributed by atoms with Crippen LogP contribution in [0.2, 0.25) is 0 Å². The minimum Gasteiger partial charge on any atom is -0.506 e. The zero-order valence-corrected chi connectivity index (χ0v) is 79.9. The van der Waals surface area contributed by atoms with Crippen LogP contribution in [0.4, 0.5) is 22.7 Å². The molecule has 2 fully saturated rings. The van der Waals surface area contributed by atoms with Crippen molar-refractivity contribution in [3.8, 4) is 0 Å². The maximum atomic E-state index is 15.4. The number of nitrogens with zero attached hydrogens (tertiary/aromatic N) is 6. The van der Waals surface area contributed by atoms with Crippen molar-refractivity contribution in [3.05, 3.63) is 125 Å². The van der Waals surface area contributed by atoms with Gasteiger partial charge in [-0.15, -0.1) is 0 Å². The van der Waals surface area contributed by atoms with Crippen LogP contribution < -0.4 is 20.4 Å². The number of carbonyl (C=O) groups excluding carboxylic acids is 6. The van der Waals surface area contributed by atoms with Crippen molar-refractivity contribution >= 4 is 80.5 Å². The molecule has 676 valence electrons. The van der Waals surface area contributed by atoms with E-state index in [1.165, 1.54) is 57.9 Å². The van der Waals surface area contributed by atoms with E-state index < -0.39 is 0 Å². The quantitative estimate of drug-likeness (QED) is 0.0426. The molecule has 6 unspecified atom stereocenters. The van der Waals surface area contributed by atoms with E-state index in [0.717, 1.165) is 280 Å². The van der Waals surface area contributed by atoms with Crippen molar-refractivity contribution in [1.29, 1.82) is 0 Å². The van der Waals surface area contributed by atoms with E-state index >= 15 is 14.4 Å². The number of nitrogens with one attached hydrogen (secondary N) is 2. The summed E-state index contributed by atoms with van der Waals surface area (Å²) < 4.78 is 0. The zero-order valence-electron chi connectivity index (χ0n) is 79.9. The molecule has 0 radical (unpaired) electrons. The Kier molecular flexibility index (Phi) is 30.1. The number of piperidine rings is 2. The number of hydrogen-bond donors (Lipinski definition) is 4. The molecular weight excluding hydrogens is 1540 g/mol. The van der Waals surface area contributed by atoms with Crippen LogP contribution in [-0.2, 0) is 54.5 Å². The minimum absolute atomic E-state index is 0.0112. The van der Waals surface area contributed by atoms with Crippen LogP contribution in [0.25, 0.3) is 11.1 Å². The van der Waals surface area contributed by atoms with Crippen molar-refractivity contribution in [3.63, 3.8) is 0 Å². The average molecular weight is 1690 g/mol. The monoisotopic (exact) mass is 1690 g/mol. The van der Waals surface area contributed by atoms with Crippen molar-refractivity contribution < 1.29 is 39.0 Å². The number of hydrogen-bond acceptors (Lipinski definition) is 12. The van der Waals surface area contributed by atoms with E-state index in [0.29, 0.717) is 69.7 Å². The summed E-state index contributed by atoms with van der Waals surface area (Å²) in [6, 6.07) is 4.19. The molecule has 2 aromatic rings. The lowest BCUT2D eigenvalue weighted by Crippen LogP contribution is -2.39. The Bertz CT molecular complexity index is 4750. The standard InChI is InChI=1S/C64H98N4O4.C44H58N4O4/c1-39(35-61(5,6)7)25-27-45(41(3)37-63(11,12)13)59(71)65-53-47-23-19-31-67-29-17-21-43(55(47)67)33-49(53)51-57(69)52(58(51)70)50-34-44-22-18-30-68-32-20-24-48(56(44)68)54(50)66-60(72)46(42(4)38-64(14,15)16)28-26-40(2)36-62(8,9)10;1-3-5-7-9-11-21-35(49)45-39-31-19-15-25-47-23-13-17-29(41(31)47)27-33(39)37-43(51)38(44(37)52)34-28-30-18-14-24-48-26-16-20-32(42(30)48)40(34)46-36(50)22-12-10-8-6-4-2/h33-34,39-42,45-46,69H,17-32,35-38H2,1-16H3,(H,65,71);27-28,51H,3-26H2,1-2H3,(H,45,49)/b;38-34-,46-40?. The Hall–Kier alpha value is -7.88. The number of Topliss-reactive ketones (excluding diaryl/α,β-unsaturated/α-hetero) is 2. The van der Waals surface area contributed by atoms with Gasteiger partial charge >= 0.3 is 0 Å². The van der Waals surface area contributed by atoms with Gasteiger partial charge in [0.25, 0.3) is 0 Å². The van der Waals surface area contributed by atoms with Gasteiger partial charge in [-0.05, 0) is 270 Å². The lowest BCUT2D eigenvalue weighted by atomic mass is 9.73. The van der Waals surface area contributed by atoms with Gasteiger partial charge in [0.15, 0.2) is 0 Å². The normalized spacial score (nSPS) is 22.2. The Morgan fingerprint density at radius 2 is 0.806 bits per heavy atom. The van der Waals surface area contributed by atoms with Gasteiger partial charge in [-0.3, -0.25) is 28.8 Å². The van der Waals surface area contributed by atoms with E-state index in [9.17, 15) is 24.6 Å². The predicted molar refractivity (Wildman–Crippen MR) is 511 cm³/mol. The molecule has 12 aliphatic rings. The molecule has 0 bridgehead atoms. The zero-order chi connectivity index (χ0) is 89.0. The first-order valence-corrected chi connectivity index (χ1v) is 49.5. The third-order valence-corrected chi connectivity index (χ3v) is 28.7. The predicted octanol–water partition coefficient (Wildman–Crippen LogP) is 24.9. The molecule has 4 amide bonds. The topological polar surface area (TPSA) is 205 Å². The Balaban J connectivity index is 0.000000224. The summed E-state index contributed by atoms with van der Waals surface area (Å²) in [5.74, 6) is -0.122. The van der Waals surface area contributed by atoms with Crippen molar-refractivity contribution in [1.82, 2.24) is 9.80 Å². The van der Waals surface area contributed by atoms with Gasteiger partial charge in [0.05, 0.1) is 45.1 Å². The second kappa shape index (κ2) is 39.8. The first-order chi connectivity index (χ1) is 58.9. The fourth-order valence-corrected chi connectivity index (χ4v) is 23.9. The van der Waals surface area contributed by atoms with E-state index in [1.54, 1.807) is 0 Å². The first kappa shape index (κ1) is 93.8. The summed E-state index contributed by atoms with van der Waals surface area (Å²) >= 11 is 0. The number of anilines is 4. The van der Waals surface area contributed by atoms with Crippen LogP contribution in [0, 0.1) is 57.2 Å². The van der Waals surface area contributed by atoms with Crippen LogP contribution in [-0.4, -0.2) is 119 Å². The fraction of sp³-hybridized carbons (Fsp3) is 0.667. The smallest absolute Gasteiger partial charge is 0.249 e. The Morgan fingerprint density at radius 3 is 1.24 bits per heavy atom. The SMILES string of the molecule is CC(CCC(C(=O)N=C1C(=C2C(=O)C(c3cc4c5c(c3NC(=O)C(CCC(C)CC(C)(C)C)C(C)CC(C)(C)C)CCCN5CCC4)=C2O)C=C2CCCN3CCCC1=C23)C(C)CC(C)(C)C)CC(C)(C)C.CCCCCCCC(=O)N=C1C2=C3C(=C/C1=C1/C(=O)C(c4cc5c6c(c4NC(=O)CCCCCCC)CCCN6CCC5)=C1O)CCCN3CCC2. The van der Waals surface area contributed by atoms with Gasteiger partial charge in [0.2, 0.25) is 35.2 Å². The number of aliphatic hydroxyl groups excluding tert-OH is 2. The van der Waals surface area contributed by atoms with Crippen LogP contribution >= 0.6 is 0 Å². The molecule has 0 spiro atoms. The molecule has 0 aromatic heterocycles. The van der Waals surface area contributed by atoms with Crippen LogP contribution in [0.1, 0.15) is 363 Å². The molecule has 16 nitrogen and oxygen atoms in total. The second-order valence-corrected chi connectivity index (χ2v) is 44.6. The summed E-state index contributed by atoms with van der Waals surface area (Å²) in [5.41, 5.74) is 20.4. The third-order valence-electron chi connectivity index (χ3n) is 28.7. The summed E-state index contributed by atoms with van der Waals surface area (Å²) in [4.78, 5) is 107. The van der Waals surface area contributed by atoms with Crippen molar-refractivity contribution in [2.45, 2.75) is 356 Å². The Morgan fingerprint density at radius 1 is 0.427 bits per heavy atom. The second-order valence-electron chi connectivity index (χ2n) is 44.6.